The first kappa shape index (κ1) is 15.5. The number of hydrogen-bond donors (Lipinski definition) is 1. The summed E-state index contributed by atoms with van der Waals surface area (Å²) in [5.41, 5.74) is 8.05. The minimum absolute atomic E-state index is 0.000118. The molecule has 0 aliphatic rings. The molecule has 5 nitrogen and oxygen atoms in total. The molecule has 0 amide bonds. The van der Waals surface area contributed by atoms with Crippen molar-refractivity contribution in [1.29, 1.82) is 0 Å². The number of sulfonamides is 1. The molecule has 1 aromatic heterocycles. The van der Waals surface area contributed by atoms with Crippen LogP contribution in [0.4, 0.5) is 5.69 Å². The SMILES string of the molecule is CN(Cc1cscn1)S(=O)(=O)c1c(N)cc(Cl)cc1Cl. The summed E-state index contributed by atoms with van der Waals surface area (Å²) < 4.78 is 26.2. The Kier molecular flexibility index (Phi) is 4.55. The predicted molar refractivity (Wildman–Crippen MR) is 81.6 cm³/mol. The monoisotopic (exact) mass is 351 g/mol. The number of halogens is 2. The maximum absolute atomic E-state index is 12.5. The lowest BCUT2D eigenvalue weighted by molar-refractivity contribution is 0.463. The third kappa shape index (κ3) is 3.07. The first-order chi connectivity index (χ1) is 9.32. The molecule has 20 heavy (non-hydrogen) atoms. The van der Waals surface area contributed by atoms with E-state index in [-0.39, 0.29) is 27.2 Å². The molecule has 0 saturated heterocycles. The molecule has 0 atom stereocenters. The number of benzene rings is 1. The van der Waals surface area contributed by atoms with Crippen LogP contribution in [0.2, 0.25) is 10.0 Å². The maximum Gasteiger partial charge on any atom is 0.246 e. The Balaban J connectivity index is 2.40. The normalized spacial score (nSPS) is 12.0. The van der Waals surface area contributed by atoms with E-state index in [4.69, 9.17) is 28.9 Å². The number of nitrogen functional groups attached to an aromatic ring is 1. The van der Waals surface area contributed by atoms with Crippen LogP contribution in [-0.2, 0) is 16.6 Å². The molecule has 2 rings (SSSR count). The number of aromatic nitrogens is 1. The van der Waals surface area contributed by atoms with Gasteiger partial charge in [-0.1, -0.05) is 23.2 Å². The predicted octanol–water partition coefficient (Wildman–Crippen LogP) is 2.85. The summed E-state index contributed by atoms with van der Waals surface area (Å²) in [5, 5.41) is 2.06. The van der Waals surface area contributed by atoms with Crippen molar-refractivity contribution in [3.63, 3.8) is 0 Å². The van der Waals surface area contributed by atoms with E-state index in [1.165, 1.54) is 30.5 Å². The van der Waals surface area contributed by atoms with Crippen LogP contribution < -0.4 is 5.73 Å². The summed E-state index contributed by atoms with van der Waals surface area (Å²) in [5.74, 6) is 0. The second-order valence-corrected chi connectivity index (χ2v) is 7.59. The van der Waals surface area contributed by atoms with Crippen LogP contribution in [0.25, 0.3) is 0 Å². The third-order valence-corrected chi connectivity index (χ3v) is 5.76. The summed E-state index contributed by atoms with van der Waals surface area (Å²) in [6, 6.07) is 2.71. The zero-order valence-electron chi connectivity index (χ0n) is 10.4. The van der Waals surface area contributed by atoms with Crippen LogP contribution in [0.15, 0.2) is 27.9 Å². The Morgan fingerprint density at radius 1 is 1.40 bits per heavy atom. The van der Waals surface area contributed by atoms with Gasteiger partial charge < -0.3 is 5.73 Å². The molecule has 0 aliphatic heterocycles. The van der Waals surface area contributed by atoms with E-state index in [9.17, 15) is 8.42 Å². The van der Waals surface area contributed by atoms with Crippen LogP contribution >= 0.6 is 34.5 Å². The first-order valence-corrected chi connectivity index (χ1v) is 8.54. The van der Waals surface area contributed by atoms with Gasteiger partial charge in [-0.3, -0.25) is 0 Å². The van der Waals surface area contributed by atoms with E-state index in [0.717, 1.165) is 4.31 Å². The molecule has 0 fully saturated rings. The zero-order chi connectivity index (χ0) is 14.9. The number of hydrogen-bond acceptors (Lipinski definition) is 5. The van der Waals surface area contributed by atoms with E-state index < -0.39 is 10.0 Å². The summed E-state index contributed by atoms with van der Waals surface area (Å²) >= 11 is 13.1. The van der Waals surface area contributed by atoms with Gasteiger partial charge in [0.05, 0.1) is 28.5 Å². The van der Waals surface area contributed by atoms with Crippen LogP contribution in [0, 0.1) is 0 Å². The van der Waals surface area contributed by atoms with Crippen LogP contribution in [-0.4, -0.2) is 24.8 Å². The minimum Gasteiger partial charge on any atom is -0.398 e. The molecule has 0 aliphatic carbocycles. The van der Waals surface area contributed by atoms with Gasteiger partial charge in [-0.15, -0.1) is 11.3 Å². The smallest absolute Gasteiger partial charge is 0.246 e. The van der Waals surface area contributed by atoms with Gasteiger partial charge in [0.25, 0.3) is 0 Å². The van der Waals surface area contributed by atoms with Crippen LogP contribution in [0.1, 0.15) is 5.69 Å². The van der Waals surface area contributed by atoms with Gasteiger partial charge in [0.2, 0.25) is 10.0 Å². The largest absolute Gasteiger partial charge is 0.398 e. The summed E-state index contributed by atoms with van der Waals surface area (Å²) in [6.07, 6.45) is 0. The molecule has 2 aromatic rings. The zero-order valence-corrected chi connectivity index (χ0v) is 13.5. The van der Waals surface area contributed by atoms with Gasteiger partial charge >= 0.3 is 0 Å². The van der Waals surface area contributed by atoms with Crippen LogP contribution in [0.5, 0.6) is 0 Å². The number of thiazole rings is 1. The van der Waals surface area contributed by atoms with Gasteiger partial charge in [0, 0.05) is 17.5 Å². The molecule has 9 heteroatoms. The highest BCUT2D eigenvalue weighted by molar-refractivity contribution is 7.89. The molecule has 2 N–H and O–H groups in total. The summed E-state index contributed by atoms with van der Waals surface area (Å²) in [6.45, 7) is 0.143. The van der Waals surface area contributed by atoms with Crippen molar-refractivity contribution < 1.29 is 8.42 Å². The van der Waals surface area contributed by atoms with E-state index in [1.54, 1.807) is 10.9 Å². The Hall–Kier alpha value is -0.860. The Morgan fingerprint density at radius 2 is 2.10 bits per heavy atom. The number of nitrogens with zero attached hydrogens (tertiary/aromatic N) is 2. The van der Waals surface area contributed by atoms with E-state index >= 15 is 0 Å². The van der Waals surface area contributed by atoms with Gasteiger partial charge in [-0.2, -0.15) is 4.31 Å². The number of nitrogens with two attached hydrogens (primary N) is 1. The second-order valence-electron chi connectivity index (χ2n) is 4.05. The Bertz CT molecular complexity index is 694. The number of anilines is 1. The molecular formula is C11H11Cl2N3O2S2. The van der Waals surface area contributed by atoms with Gasteiger partial charge in [-0.05, 0) is 12.1 Å². The third-order valence-electron chi connectivity index (χ3n) is 2.57. The van der Waals surface area contributed by atoms with Crippen molar-refractivity contribution in [2.75, 3.05) is 12.8 Å². The Morgan fingerprint density at radius 3 is 2.65 bits per heavy atom. The van der Waals surface area contributed by atoms with Crippen molar-refractivity contribution in [2.24, 2.45) is 0 Å². The van der Waals surface area contributed by atoms with Gasteiger partial charge in [0.1, 0.15) is 4.90 Å². The molecule has 0 spiro atoms. The highest BCUT2D eigenvalue weighted by atomic mass is 35.5. The maximum atomic E-state index is 12.5. The van der Waals surface area contributed by atoms with Crippen molar-refractivity contribution >= 4 is 50.2 Å². The second kappa shape index (κ2) is 5.87. The van der Waals surface area contributed by atoms with E-state index in [1.807, 2.05) is 0 Å². The molecule has 0 saturated carbocycles. The molecule has 0 bridgehead atoms. The highest BCUT2D eigenvalue weighted by Crippen LogP contribution is 2.33. The lowest BCUT2D eigenvalue weighted by Crippen LogP contribution is -2.27. The fourth-order valence-corrected chi connectivity index (χ4v) is 4.26. The van der Waals surface area contributed by atoms with Crippen molar-refractivity contribution in [3.8, 4) is 0 Å². The minimum atomic E-state index is -3.81. The number of rotatable bonds is 4. The lowest BCUT2D eigenvalue weighted by Gasteiger charge is -2.18. The Labute approximate surface area is 131 Å². The van der Waals surface area contributed by atoms with Crippen molar-refractivity contribution in [1.82, 2.24) is 9.29 Å². The molecule has 1 heterocycles. The molecule has 108 valence electrons. The van der Waals surface area contributed by atoms with Crippen LogP contribution in [0.3, 0.4) is 0 Å². The molecule has 1 aromatic carbocycles. The quantitative estimate of drug-likeness (QED) is 0.859. The topological polar surface area (TPSA) is 76.3 Å². The molecule has 0 unspecified atom stereocenters. The standard InChI is InChI=1S/C11H11Cl2N3O2S2/c1-16(4-8-5-19-6-15-8)20(17,18)11-9(13)2-7(12)3-10(11)14/h2-3,5-6H,4,14H2,1H3. The van der Waals surface area contributed by atoms with Crippen molar-refractivity contribution in [2.45, 2.75) is 11.4 Å². The van der Waals surface area contributed by atoms with Crippen molar-refractivity contribution in [3.05, 3.63) is 38.8 Å². The van der Waals surface area contributed by atoms with Gasteiger partial charge in [0.15, 0.2) is 0 Å². The average molecular weight is 352 g/mol. The van der Waals surface area contributed by atoms with E-state index in [2.05, 4.69) is 4.98 Å². The average Bonchev–Trinajstić information content (AvgIpc) is 2.79. The first-order valence-electron chi connectivity index (χ1n) is 5.40. The summed E-state index contributed by atoms with van der Waals surface area (Å²) in [4.78, 5) is 3.91. The molecule has 0 radical (unpaired) electrons. The lowest BCUT2D eigenvalue weighted by atomic mass is 10.3. The molecular weight excluding hydrogens is 341 g/mol. The fraction of sp³-hybridized carbons (Fsp3) is 0.182. The summed E-state index contributed by atoms with van der Waals surface area (Å²) in [7, 11) is -2.37. The van der Waals surface area contributed by atoms with Gasteiger partial charge in [-0.25, -0.2) is 13.4 Å². The fourth-order valence-electron chi connectivity index (χ4n) is 1.64. The highest BCUT2D eigenvalue weighted by Gasteiger charge is 2.27. The van der Waals surface area contributed by atoms with E-state index in [0.29, 0.717) is 5.69 Å².